The van der Waals surface area contributed by atoms with E-state index in [1.165, 1.54) is 18.2 Å². The maximum Gasteiger partial charge on any atom is 0.342 e. The molecule has 3 aromatic rings. The highest BCUT2D eigenvalue weighted by Crippen LogP contribution is 2.33. The first kappa shape index (κ1) is 24.3. The number of halogens is 2. The number of hydrogen-bond donors (Lipinski definition) is 2. The molecule has 0 saturated carbocycles. The molecule has 0 amide bonds. The van der Waals surface area contributed by atoms with Gasteiger partial charge in [0.1, 0.15) is 16.3 Å². The number of primary sulfonamides is 1. The van der Waals surface area contributed by atoms with Crippen LogP contribution in [-0.4, -0.2) is 40.2 Å². The third kappa shape index (κ3) is 4.98. The SMILES string of the molecule is Cc1c(Cc2ccc(F)c(S(N)(=O)=O)c2)c(=O)oc2cc(OC(=O)C3CNCCO3)c(Cl)cc12. The van der Waals surface area contributed by atoms with Crippen LogP contribution >= 0.6 is 11.6 Å². The van der Waals surface area contributed by atoms with Crippen molar-refractivity contribution in [3.05, 3.63) is 68.3 Å². The fraction of sp³-hybridized carbons (Fsp3) is 0.273. The topological polar surface area (TPSA) is 138 Å². The van der Waals surface area contributed by atoms with Crippen molar-refractivity contribution in [1.29, 1.82) is 0 Å². The molecule has 12 heteroatoms. The van der Waals surface area contributed by atoms with Crippen LogP contribution in [0.25, 0.3) is 11.0 Å². The molecule has 4 rings (SSSR count). The molecule has 34 heavy (non-hydrogen) atoms. The number of rotatable bonds is 5. The summed E-state index contributed by atoms with van der Waals surface area (Å²) in [6, 6.07) is 6.25. The molecule has 9 nitrogen and oxygen atoms in total. The lowest BCUT2D eigenvalue weighted by molar-refractivity contribution is -0.148. The molecule has 2 heterocycles. The third-order valence-corrected chi connectivity index (χ3v) is 6.65. The lowest BCUT2D eigenvalue weighted by Crippen LogP contribution is -2.44. The number of esters is 1. The van der Waals surface area contributed by atoms with Crippen LogP contribution in [0.2, 0.25) is 5.02 Å². The van der Waals surface area contributed by atoms with E-state index in [2.05, 4.69) is 5.32 Å². The van der Waals surface area contributed by atoms with Gasteiger partial charge in [-0.05, 0) is 36.2 Å². The molecule has 0 aliphatic carbocycles. The first-order valence-electron chi connectivity index (χ1n) is 10.2. The summed E-state index contributed by atoms with van der Waals surface area (Å²) in [5.41, 5.74) is 0.545. The van der Waals surface area contributed by atoms with Crippen LogP contribution in [0.4, 0.5) is 4.39 Å². The number of carbonyl (C=O) groups excluding carboxylic acids is 1. The Bertz CT molecular complexity index is 1450. The van der Waals surface area contributed by atoms with Gasteiger partial charge in [0.05, 0.1) is 11.6 Å². The van der Waals surface area contributed by atoms with Crippen LogP contribution < -0.4 is 20.8 Å². The Morgan fingerprint density at radius 2 is 2.09 bits per heavy atom. The Morgan fingerprint density at radius 1 is 1.32 bits per heavy atom. The summed E-state index contributed by atoms with van der Waals surface area (Å²) in [4.78, 5) is 24.4. The molecule has 1 aliphatic heterocycles. The predicted octanol–water partition coefficient (Wildman–Crippen LogP) is 2.03. The standard InChI is InChI=1S/C22H20ClFN2O7S/c1-11-13-8-15(23)18(33-22(28)19-10-26-4-5-31-19)9-17(13)32-21(27)14(11)6-12-2-3-16(24)20(7-12)34(25,29)30/h2-3,7-9,19,26H,4-6,10H2,1H3,(H2,25,29,30). The predicted molar refractivity (Wildman–Crippen MR) is 121 cm³/mol. The van der Waals surface area contributed by atoms with E-state index in [1.807, 2.05) is 0 Å². The fourth-order valence-corrected chi connectivity index (χ4v) is 4.50. The summed E-state index contributed by atoms with van der Waals surface area (Å²) in [7, 11) is -4.28. The van der Waals surface area contributed by atoms with Crippen molar-refractivity contribution < 1.29 is 31.5 Å². The molecule has 2 aromatic carbocycles. The van der Waals surface area contributed by atoms with E-state index in [0.717, 1.165) is 12.1 Å². The van der Waals surface area contributed by atoms with Crippen molar-refractivity contribution in [2.45, 2.75) is 24.3 Å². The number of morpholine rings is 1. The number of hydrogen-bond acceptors (Lipinski definition) is 8. The normalized spacial score (nSPS) is 16.5. The molecular formula is C22H20ClFN2O7S. The van der Waals surface area contributed by atoms with Crippen molar-refractivity contribution in [3.63, 3.8) is 0 Å². The largest absolute Gasteiger partial charge is 0.423 e. The zero-order valence-electron chi connectivity index (χ0n) is 17.9. The van der Waals surface area contributed by atoms with Crippen molar-refractivity contribution >= 4 is 38.6 Å². The number of fused-ring (bicyclic) bond motifs is 1. The Kier molecular flexibility index (Phi) is 6.74. The Balaban J connectivity index is 1.68. The number of sulfonamides is 1. The number of benzene rings is 2. The molecule has 0 radical (unpaired) electrons. The van der Waals surface area contributed by atoms with Crippen LogP contribution in [0.3, 0.4) is 0 Å². The van der Waals surface area contributed by atoms with Crippen LogP contribution in [0.5, 0.6) is 5.75 Å². The molecular weight excluding hydrogens is 491 g/mol. The highest BCUT2D eigenvalue weighted by molar-refractivity contribution is 7.89. The van der Waals surface area contributed by atoms with Crippen LogP contribution in [0, 0.1) is 12.7 Å². The summed E-state index contributed by atoms with van der Waals surface area (Å²) in [6.45, 7) is 2.98. The minimum atomic E-state index is -4.28. The van der Waals surface area contributed by atoms with Crippen LogP contribution in [-0.2, 0) is 26.0 Å². The van der Waals surface area contributed by atoms with E-state index in [1.54, 1.807) is 6.92 Å². The Labute approximate surface area is 198 Å². The smallest absolute Gasteiger partial charge is 0.342 e. The van der Waals surface area contributed by atoms with Gasteiger partial charge >= 0.3 is 11.6 Å². The summed E-state index contributed by atoms with van der Waals surface area (Å²) < 4.78 is 53.2. The quantitative estimate of drug-likeness (QED) is 0.302. The maximum absolute atomic E-state index is 13.9. The number of ether oxygens (including phenoxy) is 2. The van der Waals surface area contributed by atoms with Gasteiger partial charge in [-0.25, -0.2) is 27.5 Å². The monoisotopic (exact) mass is 510 g/mol. The third-order valence-electron chi connectivity index (χ3n) is 5.42. The summed E-state index contributed by atoms with van der Waals surface area (Å²) >= 11 is 6.32. The van der Waals surface area contributed by atoms with Crippen molar-refractivity contribution in [1.82, 2.24) is 5.32 Å². The van der Waals surface area contributed by atoms with Crippen molar-refractivity contribution in [2.75, 3.05) is 19.7 Å². The zero-order chi connectivity index (χ0) is 24.6. The van der Waals surface area contributed by atoms with E-state index >= 15 is 0 Å². The molecule has 0 spiro atoms. The highest BCUT2D eigenvalue weighted by atomic mass is 35.5. The molecule has 1 fully saturated rings. The second kappa shape index (κ2) is 9.43. The second-order valence-electron chi connectivity index (χ2n) is 7.74. The molecule has 0 bridgehead atoms. The van der Waals surface area contributed by atoms with Gasteiger partial charge in [-0.15, -0.1) is 0 Å². The first-order chi connectivity index (χ1) is 16.0. The van der Waals surface area contributed by atoms with Gasteiger partial charge in [-0.2, -0.15) is 0 Å². The highest BCUT2D eigenvalue weighted by Gasteiger charge is 2.25. The number of aryl methyl sites for hydroxylation is 1. The maximum atomic E-state index is 13.9. The van der Waals surface area contributed by atoms with Gasteiger partial charge in [-0.1, -0.05) is 17.7 Å². The fourth-order valence-electron chi connectivity index (χ4n) is 3.64. The molecule has 1 atom stereocenters. The molecule has 180 valence electrons. The molecule has 1 saturated heterocycles. The first-order valence-corrected chi connectivity index (χ1v) is 12.1. The van der Waals surface area contributed by atoms with E-state index in [-0.39, 0.29) is 28.3 Å². The van der Waals surface area contributed by atoms with Crippen molar-refractivity contribution in [2.24, 2.45) is 5.14 Å². The number of carbonyl (C=O) groups is 1. The Morgan fingerprint density at radius 3 is 2.76 bits per heavy atom. The van der Waals surface area contributed by atoms with Crippen molar-refractivity contribution in [3.8, 4) is 5.75 Å². The van der Waals surface area contributed by atoms with E-state index in [9.17, 15) is 22.4 Å². The summed E-state index contributed by atoms with van der Waals surface area (Å²) in [6.07, 6.45) is -0.817. The lowest BCUT2D eigenvalue weighted by Gasteiger charge is -2.22. The minimum absolute atomic E-state index is 0.0139. The number of nitrogens with two attached hydrogens (primary N) is 1. The molecule has 1 unspecified atom stereocenters. The van der Waals surface area contributed by atoms with Crippen LogP contribution in [0.1, 0.15) is 16.7 Å². The minimum Gasteiger partial charge on any atom is -0.423 e. The van der Waals surface area contributed by atoms with Gasteiger partial charge in [0.2, 0.25) is 10.0 Å². The van der Waals surface area contributed by atoms with Gasteiger partial charge in [-0.3, -0.25) is 0 Å². The molecule has 1 aromatic heterocycles. The second-order valence-corrected chi connectivity index (χ2v) is 9.68. The van der Waals surface area contributed by atoms with Gasteiger partial charge in [0, 0.05) is 36.5 Å². The van der Waals surface area contributed by atoms with Crippen LogP contribution in [0.15, 0.2) is 44.4 Å². The Hall–Kier alpha value is -2.83. The van der Waals surface area contributed by atoms with E-state index in [4.69, 9.17) is 30.6 Å². The summed E-state index contributed by atoms with van der Waals surface area (Å²) in [5, 5.41) is 8.68. The molecule has 3 N–H and O–H groups in total. The van der Waals surface area contributed by atoms with Gasteiger partial charge in [0.25, 0.3) is 0 Å². The summed E-state index contributed by atoms with van der Waals surface area (Å²) in [5.74, 6) is -1.61. The average molecular weight is 511 g/mol. The number of nitrogens with one attached hydrogen (secondary N) is 1. The zero-order valence-corrected chi connectivity index (χ0v) is 19.5. The van der Waals surface area contributed by atoms with E-state index in [0.29, 0.717) is 36.2 Å². The van der Waals surface area contributed by atoms with Gasteiger partial charge < -0.3 is 19.2 Å². The lowest BCUT2D eigenvalue weighted by atomic mass is 9.99. The molecule has 1 aliphatic rings. The average Bonchev–Trinajstić information content (AvgIpc) is 2.79. The van der Waals surface area contributed by atoms with Gasteiger partial charge in [0.15, 0.2) is 11.9 Å². The van der Waals surface area contributed by atoms with E-state index < -0.39 is 38.4 Å².